The van der Waals surface area contributed by atoms with Crippen molar-refractivity contribution in [2.45, 2.75) is 51.9 Å². The minimum atomic E-state index is -0.161. The molecule has 0 unspecified atom stereocenters. The summed E-state index contributed by atoms with van der Waals surface area (Å²) < 4.78 is 16.7. The Hall–Kier alpha value is -0.980. The van der Waals surface area contributed by atoms with E-state index in [2.05, 4.69) is 24.0 Å². The van der Waals surface area contributed by atoms with E-state index in [-0.39, 0.29) is 18.3 Å². The van der Waals surface area contributed by atoms with E-state index in [4.69, 9.17) is 19.7 Å². The Labute approximate surface area is 113 Å². The van der Waals surface area contributed by atoms with Crippen molar-refractivity contribution in [2.24, 2.45) is 11.7 Å². The highest BCUT2D eigenvalue weighted by atomic mass is 16.5. The molecule has 1 aromatic heterocycles. The summed E-state index contributed by atoms with van der Waals surface area (Å²) in [6.07, 6.45) is 1.65. The van der Waals surface area contributed by atoms with Gasteiger partial charge in [-0.2, -0.15) is 4.98 Å². The first-order valence-corrected chi connectivity index (χ1v) is 6.90. The smallest absolute Gasteiger partial charge is 0.255 e. The third-order valence-electron chi connectivity index (χ3n) is 3.15. The maximum atomic E-state index is 5.73. The number of aromatic nitrogens is 2. The van der Waals surface area contributed by atoms with Crippen molar-refractivity contribution in [3.05, 3.63) is 11.7 Å². The average molecular weight is 269 g/mol. The second-order valence-corrected chi connectivity index (χ2v) is 5.42. The van der Waals surface area contributed by atoms with Gasteiger partial charge < -0.3 is 19.7 Å². The van der Waals surface area contributed by atoms with Crippen LogP contribution in [0.2, 0.25) is 0 Å². The Morgan fingerprint density at radius 3 is 2.79 bits per heavy atom. The number of nitrogens with two attached hydrogens (primary N) is 1. The Morgan fingerprint density at radius 1 is 1.37 bits per heavy atom. The molecule has 108 valence electrons. The SMILES string of the molecule is CC(C)CO[C@H](C)c1noc([C@@H]2CC[C@@H](CN)O2)n1. The van der Waals surface area contributed by atoms with Crippen LogP contribution in [0.3, 0.4) is 0 Å². The molecule has 0 radical (unpaired) electrons. The summed E-state index contributed by atoms with van der Waals surface area (Å²) in [5.74, 6) is 1.60. The van der Waals surface area contributed by atoms with Crippen LogP contribution < -0.4 is 5.73 Å². The van der Waals surface area contributed by atoms with Gasteiger partial charge in [-0.05, 0) is 25.7 Å². The highest BCUT2D eigenvalue weighted by Gasteiger charge is 2.30. The number of ether oxygens (including phenoxy) is 2. The molecule has 0 saturated carbocycles. The molecular weight excluding hydrogens is 246 g/mol. The lowest BCUT2D eigenvalue weighted by atomic mass is 10.2. The van der Waals surface area contributed by atoms with Crippen LogP contribution in [0.1, 0.15) is 57.5 Å². The molecule has 2 N–H and O–H groups in total. The lowest BCUT2D eigenvalue weighted by molar-refractivity contribution is 0.0306. The molecule has 6 heteroatoms. The van der Waals surface area contributed by atoms with Gasteiger partial charge in [0.2, 0.25) is 0 Å². The molecule has 6 nitrogen and oxygen atoms in total. The number of rotatable bonds is 6. The quantitative estimate of drug-likeness (QED) is 0.850. The summed E-state index contributed by atoms with van der Waals surface area (Å²) in [6.45, 7) is 7.35. The van der Waals surface area contributed by atoms with Gasteiger partial charge in [0, 0.05) is 13.2 Å². The Bertz CT molecular complexity index is 394. The minimum absolute atomic E-state index is 0.106. The molecule has 0 amide bonds. The maximum Gasteiger partial charge on any atom is 0.255 e. The first-order chi connectivity index (χ1) is 9.10. The van der Waals surface area contributed by atoms with Crippen LogP contribution >= 0.6 is 0 Å². The third kappa shape index (κ3) is 3.75. The third-order valence-corrected chi connectivity index (χ3v) is 3.15. The molecule has 1 aliphatic heterocycles. The molecular formula is C13H23N3O3. The predicted molar refractivity (Wildman–Crippen MR) is 69.4 cm³/mol. The first-order valence-electron chi connectivity index (χ1n) is 6.90. The maximum absolute atomic E-state index is 5.73. The standard InChI is InChI=1S/C13H23N3O3/c1-8(2)7-17-9(3)12-15-13(19-16-12)11-5-4-10(6-14)18-11/h8-11H,4-7,14H2,1-3H3/t9-,10+,11+/m1/s1. The van der Waals surface area contributed by atoms with E-state index in [1.54, 1.807) is 0 Å². The molecule has 1 aromatic rings. The molecule has 0 bridgehead atoms. The van der Waals surface area contributed by atoms with E-state index >= 15 is 0 Å². The summed E-state index contributed by atoms with van der Waals surface area (Å²) in [6, 6.07) is 0. The van der Waals surface area contributed by atoms with E-state index in [0.717, 1.165) is 12.8 Å². The predicted octanol–water partition coefficient (Wildman–Crippen LogP) is 1.98. The lowest BCUT2D eigenvalue weighted by Crippen LogP contribution is -2.18. The van der Waals surface area contributed by atoms with Crippen molar-refractivity contribution in [1.82, 2.24) is 10.1 Å². The topological polar surface area (TPSA) is 83.4 Å². The van der Waals surface area contributed by atoms with Crippen molar-refractivity contribution in [2.75, 3.05) is 13.2 Å². The molecule has 0 aromatic carbocycles. The normalized spacial score (nSPS) is 25.1. The fraction of sp³-hybridized carbons (Fsp3) is 0.846. The van der Waals surface area contributed by atoms with Crippen LogP contribution in [0.5, 0.6) is 0 Å². The summed E-state index contributed by atoms with van der Waals surface area (Å²) in [5, 5.41) is 3.97. The van der Waals surface area contributed by atoms with E-state index in [9.17, 15) is 0 Å². The summed E-state index contributed by atoms with van der Waals surface area (Å²) in [7, 11) is 0. The Balaban J connectivity index is 1.91. The van der Waals surface area contributed by atoms with Gasteiger partial charge in [0.15, 0.2) is 5.82 Å². The van der Waals surface area contributed by atoms with Crippen molar-refractivity contribution >= 4 is 0 Å². The number of hydrogen-bond donors (Lipinski definition) is 1. The van der Waals surface area contributed by atoms with E-state index in [1.807, 2.05) is 6.92 Å². The molecule has 2 heterocycles. The molecule has 1 aliphatic rings. The Kier molecular flexibility index (Phi) is 4.90. The average Bonchev–Trinajstić information content (AvgIpc) is 3.03. The van der Waals surface area contributed by atoms with Crippen LogP contribution in [0, 0.1) is 5.92 Å². The van der Waals surface area contributed by atoms with Crippen molar-refractivity contribution < 1.29 is 14.0 Å². The first kappa shape index (κ1) is 14.4. The van der Waals surface area contributed by atoms with Crippen LogP contribution in [-0.4, -0.2) is 29.4 Å². The van der Waals surface area contributed by atoms with Gasteiger partial charge in [-0.15, -0.1) is 0 Å². The molecule has 0 aliphatic carbocycles. The molecule has 0 spiro atoms. The van der Waals surface area contributed by atoms with Gasteiger partial charge in [0.1, 0.15) is 12.2 Å². The van der Waals surface area contributed by atoms with Crippen molar-refractivity contribution in [1.29, 1.82) is 0 Å². The van der Waals surface area contributed by atoms with E-state index in [0.29, 0.717) is 30.8 Å². The van der Waals surface area contributed by atoms with E-state index in [1.165, 1.54) is 0 Å². The largest absolute Gasteiger partial charge is 0.370 e. The zero-order valence-electron chi connectivity index (χ0n) is 11.8. The highest BCUT2D eigenvalue weighted by molar-refractivity contribution is 4.95. The van der Waals surface area contributed by atoms with Crippen molar-refractivity contribution in [3.8, 4) is 0 Å². The van der Waals surface area contributed by atoms with Gasteiger partial charge in [-0.25, -0.2) is 0 Å². The highest BCUT2D eigenvalue weighted by Crippen LogP contribution is 2.31. The fourth-order valence-corrected chi connectivity index (χ4v) is 2.02. The summed E-state index contributed by atoms with van der Waals surface area (Å²) in [5.41, 5.74) is 5.58. The molecule has 3 atom stereocenters. The zero-order chi connectivity index (χ0) is 13.8. The summed E-state index contributed by atoms with van der Waals surface area (Å²) in [4.78, 5) is 4.37. The number of hydrogen-bond acceptors (Lipinski definition) is 6. The minimum Gasteiger partial charge on any atom is -0.370 e. The van der Waals surface area contributed by atoms with E-state index < -0.39 is 0 Å². The molecule has 1 fully saturated rings. The van der Waals surface area contributed by atoms with Gasteiger partial charge in [-0.3, -0.25) is 0 Å². The zero-order valence-corrected chi connectivity index (χ0v) is 11.8. The lowest BCUT2D eigenvalue weighted by Gasteiger charge is -2.11. The second-order valence-electron chi connectivity index (χ2n) is 5.42. The summed E-state index contributed by atoms with van der Waals surface area (Å²) >= 11 is 0. The van der Waals surface area contributed by atoms with Crippen LogP contribution in [0.4, 0.5) is 0 Å². The fourth-order valence-electron chi connectivity index (χ4n) is 2.02. The second kappa shape index (κ2) is 6.45. The number of nitrogens with zero attached hydrogens (tertiary/aromatic N) is 2. The monoisotopic (exact) mass is 269 g/mol. The van der Waals surface area contributed by atoms with Gasteiger partial charge in [0.25, 0.3) is 5.89 Å². The Morgan fingerprint density at radius 2 is 2.16 bits per heavy atom. The molecule has 2 rings (SSSR count). The van der Waals surface area contributed by atoms with Crippen LogP contribution in [0.15, 0.2) is 4.52 Å². The molecule has 1 saturated heterocycles. The van der Waals surface area contributed by atoms with Crippen molar-refractivity contribution in [3.63, 3.8) is 0 Å². The van der Waals surface area contributed by atoms with Gasteiger partial charge in [0.05, 0.1) is 6.10 Å². The van der Waals surface area contributed by atoms with Gasteiger partial charge >= 0.3 is 0 Å². The van der Waals surface area contributed by atoms with Crippen LogP contribution in [0.25, 0.3) is 0 Å². The van der Waals surface area contributed by atoms with Gasteiger partial charge in [-0.1, -0.05) is 19.0 Å². The van der Waals surface area contributed by atoms with Crippen LogP contribution in [-0.2, 0) is 9.47 Å². The molecule has 19 heavy (non-hydrogen) atoms.